The molecule has 2 aromatic rings. The van der Waals surface area contributed by atoms with E-state index in [4.69, 9.17) is 107 Å². The van der Waals surface area contributed by atoms with Gasteiger partial charge in [0.05, 0.1) is 22.3 Å². The molecule has 1 N–H and O–H groups in total. The van der Waals surface area contributed by atoms with E-state index in [1.165, 1.54) is 48.5 Å². The number of hydrogen-bond acceptors (Lipinski definition) is 27. The topological polar surface area (TPSA) is 364 Å². The molecule has 0 saturated carbocycles. The van der Waals surface area contributed by atoms with E-state index in [0.29, 0.717) is 9.80 Å². The van der Waals surface area contributed by atoms with Crippen LogP contribution in [-0.4, -0.2) is 203 Å². The molecule has 4 amide bonds. The third-order valence-corrected chi connectivity index (χ3v) is 13.5. The molecule has 84 heavy (non-hydrogen) atoms. The minimum Gasteiger partial charge on any atom is -0.463 e. The van der Waals surface area contributed by atoms with Crippen LogP contribution in [0.25, 0.3) is 0 Å². The predicted molar refractivity (Wildman–Crippen MR) is 274 cm³/mol. The molecule has 32 heteroatoms. The van der Waals surface area contributed by atoms with Crippen molar-refractivity contribution in [3.63, 3.8) is 0 Å². The number of alkyl halides is 3. The Kier molecular flexibility index (Phi) is 20.4. The third-order valence-electron chi connectivity index (χ3n) is 13.0. The van der Waals surface area contributed by atoms with Crippen molar-refractivity contribution in [1.29, 1.82) is 5.41 Å². The number of fused-ring (bicyclic) bond motifs is 2. The van der Waals surface area contributed by atoms with Gasteiger partial charge in [-0.25, -0.2) is 0 Å². The van der Waals surface area contributed by atoms with Crippen molar-refractivity contribution in [3.05, 3.63) is 70.8 Å². The number of carbonyl (C=O) groups is 12. The average Bonchev–Trinajstić information content (AvgIpc) is 1.51. The first-order valence-electron chi connectivity index (χ1n) is 25.3. The highest BCUT2D eigenvalue weighted by Crippen LogP contribution is 2.42. The van der Waals surface area contributed by atoms with Gasteiger partial charge >= 0.3 is 47.8 Å². The molecule has 5 aliphatic rings. The number of ether oxygens (including phenoxy) is 14. The fraction of sp³-hybridized carbons (Fsp3) is 0.519. The van der Waals surface area contributed by atoms with Crippen molar-refractivity contribution in [3.8, 4) is 0 Å². The summed E-state index contributed by atoms with van der Waals surface area (Å²) >= 11 is 18.4. The van der Waals surface area contributed by atoms with Crippen LogP contribution in [0.15, 0.2) is 48.5 Å². The second-order valence-corrected chi connectivity index (χ2v) is 21.4. The average molecular weight is 1240 g/mol. The van der Waals surface area contributed by atoms with Gasteiger partial charge in [0.1, 0.15) is 56.3 Å². The van der Waals surface area contributed by atoms with Crippen LogP contribution in [0.5, 0.6) is 0 Å². The summed E-state index contributed by atoms with van der Waals surface area (Å²) in [6.07, 6.45) is -26.8. The number of nitrogens with one attached hydrogen (secondary N) is 1. The molecule has 0 spiro atoms. The van der Waals surface area contributed by atoms with Gasteiger partial charge in [-0.15, -0.1) is 0 Å². The highest BCUT2D eigenvalue weighted by Gasteiger charge is 2.63. The van der Waals surface area contributed by atoms with E-state index in [1.807, 2.05) is 0 Å². The number of amides is 4. The standard InChI is InChI=1S/C52H54Cl3N3O26/c1-20(59)71-17-32-37(74-23(4)62)40(76-25(6)64)35(57-44(67)28-13-9-10-14-29(28)45(57)68)48(79-32)82-39-34(19-73-22(3)61)81-50(84-51(56)52(53,54)55)43(42(39)78-27(8)66)83-49-36(58-46(69)30-15-11-12-16-31(30)47(58)70)41(77-26(7)65)38(75-24(5)63)33(80-49)18-72-21(2)60/h9-16,32-43,48-50,56H,17-19H2,1-8H3/t32-,33-,34-,35-,36-,37-,38-,39-,40-,41-,42+,43+,48+,49+,50-/m1/s1. The molecular formula is C52H54Cl3N3O26. The lowest BCUT2D eigenvalue weighted by atomic mass is 9.93. The molecule has 0 aromatic heterocycles. The molecule has 3 saturated heterocycles. The minimum absolute atomic E-state index is 0.180. The van der Waals surface area contributed by atoms with Crippen LogP contribution in [-0.2, 0) is 105 Å². The van der Waals surface area contributed by atoms with E-state index >= 15 is 0 Å². The van der Waals surface area contributed by atoms with Crippen LogP contribution >= 0.6 is 34.8 Å². The van der Waals surface area contributed by atoms with Crippen molar-refractivity contribution in [2.24, 2.45) is 0 Å². The number of rotatable bonds is 18. The van der Waals surface area contributed by atoms with Crippen molar-refractivity contribution in [2.45, 2.75) is 151 Å². The number of nitrogens with zero attached hydrogens (tertiary/aromatic N) is 2. The Morgan fingerprint density at radius 3 is 1.01 bits per heavy atom. The normalized spacial score (nSPS) is 29.1. The van der Waals surface area contributed by atoms with Crippen molar-refractivity contribution >= 4 is 112 Å². The molecule has 7 rings (SSSR count). The maximum absolute atomic E-state index is 14.6. The van der Waals surface area contributed by atoms with Gasteiger partial charge in [-0.2, -0.15) is 0 Å². The molecule has 5 heterocycles. The van der Waals surface area contributed by atoms with Crippen LogP contribution < -0.4 is 0 Å². The second kappa shape index (κ2) is 26.7. The lowest BCUT2D eigenvalue weighted by Gasteiger charge is -2.52. The first-order valence-corrected chi connectivity index (χ1v) is 26.4. The van der Waals surface area contributed by atoms with Crippen LogP contribution in [0.1, 0.15) is 96.8 Å². The molecule has 0 bridgehead atoms. The smallest absolute Gasteiger partial charge is 0.303 e. The van der Waals surface area contributed by atoms with Gasteiger partial charge in [0.2, 0.25) is 12.2 Å². The number of halogens is 3. The van der Waals surface area contributed by atoms with Gasteiger partial charge in [0.15, 0.2) is 49.2 Å². The van der Waals surface area contributed by atoms with E-state index in [1.54, 1.807) is 0 Å². The molecule has 454 valence electrons. The summed E-state index contributed by atoms with van der Waals surface area (Å²) < 4.78 is 80.3. The highest BCUT2D eigenvalue weighted by atomic mass is 35.6. The Hall–Kier alpha value is -7.38. The summed E-state index contributed by atoms with van der Waals surface area (Å²) in [5.41, 5.74) is -0.746. The summed E-state index contributed by atoms with van der Waals surface area (Å²) in [7, 11) is 0. The highest BCUT2D eigenvalue weighted by molar-refractivity contribution is 6.76. The van der Waals surface area contributed by atoms with Crippen LogP contribution in [0, 0.1) is 5.41 Å². The molecule has 15 atom stereocenters. The van der Waals surface area contributed by atoms with Gasteiger partial charge in [-0.05, 0) is 24.3 Å². The summed E-state index contributed by atoms with van der Waals surface area (Å²) in [4.78, 5) is 163. The summed E-state index contributed by atoms with van der Waals surface area (Å²) in [5.74, 6) is -13.8. The largest absolute Gasteiger partial charge is 0.463 e. The van der Waals surface area contributed by atoms with E-state index < -0.39 is 193 Å². The Morgan fingerprint density at radius 2 is 0.702 bits per heavy atom. The van der Waals surface area contributed by atoms with Gasteiger partial charge in [-0.1, -0.05) is 59.1 Å². The van der Waals surface area contributed by atoms with Crippen LogP contribution in [0.3, 0.4) is 0 Å². The lowest BCUT2D eigenvalue weighted by molar-refractivity contribution is -0.371. The minimum atomic E-state index is -2.75. The van der Waals surface area contributed by atoms with Crippen molar-refractivity contribution in [2.75, 3.05) is 19.8 Å². The Bertz CT molecular complexity index is 2920. The number of esters is 8. The Morgan fingerprint density at radius 1 is 0.417 bits per heavy atom. The van der Waals surface area contributed by atoms with Crippen molar-refractivity contribution < 1.29 is 124 Å². The van der Waals surface area contributed by atoms with Crippen LogP contribution in [0.4, 0.5) is 0 Å². The van der Waals surface area contributed by atoms with Gasteiger partial charge in [-0.3, -0.25) is 72.7 Å². The second-order valence-electron chi connectivity index (χ2n) is 19.1. The molecule has 29 nitrogen and oxygen atoms in total. The summed E-state index contributed by atoms with van der Waals surface area (Å²) in [6.45, 7) is 4.97. The Labute approximate surface area is 491 Å². The van der Waals surface area contributed by atoms with Crippen molar-refractivity contribution in [1.82, 2.24) is 9.80 Å². The van der Waals surface area contributed by atoms with E-state index in [0.717, 1.165) is 55.4 Å². The predicted octanol–water partition coefficient (Wildman–Crippen LogP) is 1.97. The molecule has 0 aliphatic carbocycles. The van der Waals surface area contributed by atoms with E-state index in [-0.39, 0.29) is 22.3 Å². The first kappa shape index (κ1) is 64.2. The lowest BCUT2D eigenvalue weighted by Crippen LogP contribution is -2.71. The SMILES string of the molecule is CC(=O)OC[C@H]1O[C@H](OC(=N)C(Cl)(Cl)Cl)[C@@H](O[C@@H]2O[C@H](COC(C)=O)[C@@H](OC(C)=O)[C@H](OC(C)=O)[C@H]2N2C(=O)c3ccccc3C2=O)[C@@H](OC(C)=O)[C@@H]1O[C@@H]1O[C@H](COC(C)=O)[C@@H](OC(C)=O)[C@H](OC(C)=O)[C@H]1N1C(=O)c2ccccc2C1=O. The van der Waals surface area contributed by atoms with E-state index in [9.17, 15) is 57.5 Å². The number of imide groups is 2. The molecule has 5 aliphatic heterocycles. The van der Waals surface area contributed by atoms with Crippen LogP contribution in [0.2, 0.25) is 0 Å². The molecule has 0 unspecified atom stereocenters. The Balaban J connectivity index is 1.47. The van der Waals surface area contributed by atoms with Gasteiger partial charge < -0.3 is 66.3 Å². The monoisotopic (exact) mass is 1240 g/mol. The maximum Gasteiger partial charge on any atom is 0.303 e. The number of hydrogen-bond donors (Lipinski definition) is 1. The maximum atomic E-state index is 14.6. The molecular weight excluding hydrogens is 1190 g/mol. The fourth-order valence-corrected chi connectivity index (χ4v) is 10.1. The molecule has 3 fully saturated rings. The zero-order chi connectivity index (χ0) is 61.8. The zero-order valence-corrected chi connectivity index (χ0v) is 47.8. The zero-order valence-electron chi connectivity index (χ0n) is 45.5. The first-order chi connectivity index (χ1) is 39.5. The van der Waals surface area contributed by atoms with Gasteiger partial charge in [0, 0.05) is 55.4 Å². The van der Waals surface area contributed by atoms with E-state index in [2.05, 4.69) is 0 Å². The fourth-order valence-electron chi connectivity index (χ4n) is 9.93. The van der Waals surface area contributed by atoms with Gasteiger partial charge in [0.25, 0.3) is 27.4 Å². The molecule has 0 radical (unpaired) electrons. The quantitative estimate of drug-likeness (QED) is 0.0557. The number of carbonyl (C=O) groups excluding carboxylic acids is 12. The molecule has 2 aromatic carbocycles. The number of benzene rings is 2. The summed E-state index contributed by atoms with van der Waals surface area (Å²) in [5, 5.41) is 8.70. The third kappa shape index (κ3) is 14.4. The summed E-state index contributed by atoms with van der Waals surface area (Å²) in [6, 6.07) is 6.67.